The Labute approximate surface area is 116 Å². The number of ether oxygens (including phenoxy) is 1. The molecule has 19 heavy (non-hydrogen) atoms. The topological polar surface area (TPSA) is 46.5 Å². The van der Waals surface area contributed by atoms with Crippen LogP contribution in [0.5, 0.6) is 5.75 Å². The van der Waals surface area contributed by atoms with Crippen LogP contribution >= 0.6 is 11.6 Å². The van der Waals surface area contributed by atoms with Crippen molar-refractivity contribution in [1.29, 1.82) is 0 Å². The highest BCUT2D eigenvalue weighted by Gasteiger charge is 2.15. The summed E-state index contributed by atoms with van der Waals surface area (Å²) in [7, 11) is 1.54. The van der Waals surface area contributed by atoms with E-state index in [1.807, 2.05) is 6.07 Å². The molecular weight excluding hydrogens is 264 g/mol. The van der Waals surface area contributed by atoms with Gasteiger partial charge in [-0.3, -0.25) is 0 Å². The Morgan fingerprint density at radius 3 is 2.58 bits per heavy atom. The normalized spacial score (nSPS) is 10.3. The van der Waals surface area contributed by atoms with Crippen LogP contribution in [-0.4, -0.2) is 18.2 Å². The third-order valence-electron chi connectivity index (χ3n) is 2.95. The van der Waals surface area contributed by atoms with Crippen LogP contribution < -0.4 is 4.74 Å². The second kappa shape index (κ2) is 5.33. The van der Waals surface area contributed by atoms with Crippen LogP contribution in [0.1, 0.15) is 15.9 Å². The number of aromatic carboxylic acids is 1. The molecule has 0 atom stereocenters. The van der Waals surface area contributed by atoms with Crippen molar-refractivity contribution in [2.24, 2.45) is 0 Å². The molecule has 3 nitrogen and oxygen atoms in total. The van der Waals surface area contributed by atoms with Gasteiger partial charge in [-0.15, -0.1) is 0 Å². The summed E-state index contributed by atoms with van der Waals surface area (Å²) in [5, 5.41) is 9.78. The fourth-order valence-corrected chi connectivity index (χ4v) is 2.28. The predicted molar refractivity (Wildman–Crippen MR) is 75.1 cm³/mol. The summed E-state index contributed by atoms with van der Waals surface area (Å²) in [4.78, 5) is 11.4. The Morgan fingerprint density at radius 2 is 2.00 bits per heavy atom. The van der Waals surface area contributed by atoms with Gasteiger partial charge >= 0.3 is 5.97 Å². The number of carboxylic acid groups (broad SMARTS) is 1. The van der Waals surface area contributed by atoms with E-state index in [9.17, 15) is 9.90 Å². The van der Waals surface area contributed by atoms with E-state index >= 15 is 0 Å². The highest BCUT2D eigenvalue weighted by molar-refractivity contribution is 6.32. The van der Waals surface area contributed by atoms with Crippen LogP contribution in [-0.2, 0) is 0 Å². The molecule has 0 aliphatic rings. The average Bonchev–Trinajstić information content (AvgIpc) is 2.37. The Hall–Kier alpha value is -2.00. The zero-order valence-electron chi connectivity index (χ0n) is 10.6. The fourth-order valence-electron chi connectivity index (χ4n) is 2.03. The maximum Gasteiger partial charge on any atom is 0.336 e. The minimum atomic E-state index is -0.944. The Morgan fingerprint density at radius 1 is 1.26 bits per heavy atom. The molecule has 2 aromatic carbocycles. The van der Waals surface area contributed by atoms with Gasteiger partial charge in [-0.2, -0.15) is 0 Å². The van der Waals surface area contributed by atoms with Gasteiger partial charge < -0.3 is 9.84 Å². The lowest BCUT2D eigenvalue weighted by atomic mass is 9.96. The van der Waals surface area contributed by atoms with Crippen molar-refractivity contribution in [3.05, 3.63) is 52.5 Å². The molecule has 98 valence electrons. The standard InChI is InChI=1S/C15H13ClO3/c1-9-4-3-5-11(14(9)15(17)18)10-6-7-13(19-2)12(16)8-10/h3-8H,1-2H3,(H,17,18). The van der Waals surface area contributed by atoms with E-state index < -0.39 is 5.97 Å². The second-order valence-corrected chi connectivity index (χ2v) is 4.56. The van der Waals surface area contributed by atoms with Crippen molar-refractivity contribution in [3.63, 3.8) is 0 Å². The van der Waals surface area contributed by atoms with E-state index in [1.165, 1.54) is 7.11 Å². The van der Waals surface area contributed by atoms with E-state index in [0.717, 1.165) is 11.1 Å². The Kier molecular flexibility index (Phi) is 3.76. The molecular formula is C15H13ClO3. The SMILES string of the molecule is COc1ccc(-c2cccc(C)c2C(=O)O)cc1Cl. The number of halogens is 1. The molecule has 0 heterocycles. The number of rotatable bonds is 3. The van der Waals surface area contributed by atoms with Gasteiger partial charge in [0.1, 0.15) is 5.75 Å². The Bertz CT molecular complexity index is 635. The molecule has 0 fully saturated rings. The number of hydrogen-bond donors (Lipinski definition) is 1. The van der Waals surface area contributed by atoms with E-state index in [1.54, 1.807) is 37.3 Å². The summed E-state index contributed by atoms with van der Waals surface area (Å²) in [6, 6.07) is 10.6. The maximum absolute atomic E-state index is 11.4. The lowest BCUT2D eigenvalue weighted by molar-refractivity contribution is 0.0697. The van der Waals surface area contributed by atoms with E-state index in [0.29, 0.717) is 21.9 Å². The van der Waals surface area contributed by atoms with E-state index in [4.69, 9.17) is 16.3 Å². The first-order valence-electron chi connectivity index (χ1n) is 5.71. The summed E-state index contributed by atoms with van der Waals surface area (Å²) >= 11 is 6.08. The minimum absolute atomic E-state index is 0.295. The molecule has 0 aliphatic carbocycles. The fraction of sp³-hybridized carbons (Fsp3) is 0.133. The van der Waals surface area contributed by atoms with Gasteiger partial charge in [0.2, 0.25) is 0 Å². The molecule has 0 amide bonds. The van der Waals surface area contributed by atoms with Crippen molar-refractivity contribution in [3.8, 4) is 16.9 Å². The molecule has 0 aromatic heterocycles. The van der Waals surface area contributed by atoms with Crippen LogP contribution in [0.2, 0.25) is 5.02 Å². The maximum atomic E-state index is 11.4. The third-order valence-corrected chi connectivity index (χ3v) is 3.24. The molecule has 0 unspecified atom stereocenters. The summed E-state index contributed by atoms with van der Waals surface area (Å²) in [6.45, 7) is 1.78. The van der Waals surface area contributed by atoms with Crippen molar-refractivity contribution >= 4 is 17.6 Å². The van der Waals surface area contributed by atoms with Gasteiger partial charge in [-0.1, -0.05) is 35.9 Å². The quantitative estimate of drug-likeness (QED) is 0.921. The molecule has 0 bridgehead atoms. The molecule has 0 saturated carbocycles. The van der Waals surface area contributed by atoms with Crippen molar-refractivity contribution in [2.45, 2.75) is 6.92 Å². The van der Waals surface area contributed by atoms with Crippen LogP contribution in [0, 0.1) is 6.92 Å². The number of aryl methyl sites for hydroxylation is 1. The summed E-state index contributed by atoms with van der Waals surface area (Å²) < 4.78 is 5.09. The number of carbonyl (C=O) groups is 1. The zero-order chi connectivity index (χ0) is 14.0. The molecule has 0 saturated heterocycles. The predicted octanol–water partition coefficient (Wildman–Crippen LogP) is 4.02. The summed E-state index contributed by atoms with van der Waals surface area (Å²) in [5.74, 6) is -0.380. The largest absolute Gasteiger partial charge is 0.495 e. The molecule has 0 spiro atoms. The number of carboxylic acids is 1. The molecule has 0 radical (unpaired) electrons. The van der Waals surface area contributed by atoms with Gasteiger partial charge in [0.15, 0.2) is 0 Å². The van der Waals surface area contributed by atoms with E-state index in [-0.39, 0.29) is 0 Å². The summed E-state index contributed by atoms with van der Waals surface area (Å²) in [6.07, 6.45) is 0. The Balaban J connectivity index is 2.62. The molecule has 4 heteroatoms. The third kappa shape index (κ3) is 2.56. The first-order valence-corrected chi connectivity index (χ1v) is 6.09. The minimum Gasteiger partial charge on any atom is -0.495 e. The lowest BCUT2D eigenvalue weighted by Gasteiger charge is -2.11. The van der Waals surface area contributed by atoms with Gasteiger partial charge in [0, 0.05) is 0 Å². The highest BCUT2D eigenvalue weighted by Crippen LogP contribution is 2.32. The molecule has 1 N–H and O–H groups in total. The van der Waals surface area contributed by atoms with Gasteiger partial charge in [0.25, 0.3) is 0 Å². The smallest absolute Gasteiger partial charge is 0.336 e. The van der Waals surface area contributed by atoms with E-state index in [2.05, 4.69) is 0 Å². The zero-order valence-corrected chi connectivity index (χ0v) is 11.4. The van der Waals surface area contributed by atoms with Crippen molar-refractivity contribution < 1.29 is 14.6 Å². The first kappa shape index (κ1) is 13.4. The van der Waals surface area contributed by atoms with Gasteiger partial charge in [-0.05, 0) is 35.7 Å². The number of methoxy groups -OCH3 is 1. The van der Waals surface area contributed by atoms with Crippen LogP contribution in [0.4, 0.5) is 0 Å². The number of hydrogen-bond acceptors (Lipinski definition) is 2. The van der Waals surface area contributed by atoms with Crippen LogP contribution in [0.25, 0.3) is 11.1 Å². The van der Waals surface area contributed by atoms with Crippen LogP contribution in [0.3, 0.4) is 0 Å². The molecule has 0 aliphatic heterocycles. The van der Waals surface area contributed by atoms with Gasteiger partial charge in [-0.25, -0.2) is 4.79 Å². The van der Waals surface area contributed by atoms with Gasteiger partial charge in [0.05, 0.1) is 17.7 Å². The number of benzene rings is 2. The second-order valence-electron chi connectivity index (χ2n) is 4.15. The lowest BCUT2D eigenvalue weighted by Crippen LogP contribution is -2.02. The molecule has 2 aromatic rings. The average molecular weight is 277 g/mol. The van der Waals surface area contributed by atoms with Crippen molar-refractivity contribution in [2.75, 3.05) is 7.11 Å². The first-order chi connectivity index (χ1) is 9.04. The highest BCUT2D eigenvalue weighted by atomic mass is 35.5. The van der Waals surface area contributed by atoms with Crippen molar-refractivity contribution in [1.82, 2.24) is 0 Å². The molecule has 2 rings (SSSR count). The monoisotopic (exact) mass is 276 g/mol. The van der Waals surface area contributed by atoms with Crippen LogP contribution in [0.15, 0.2) is 36.4 Å². The summed E-state index contributed by atoms with van der Waals surface area (Å²) in [5.41, 5.74) is 2.42.